The fourth-order valence-corrected chi connectivity index (χ4v) is 4.42. The zero-order valence-corrected chi connectivity index (χ0v) is 18.3. The quantitative estimate of drug-likeness (QED) is 0.473. The van der Waals surface area contributed by atoms with Crippen LogP contribution in [0.5, 0.6) is 0 Å². The van der Waals surface area contributed by atoms with Crippen LogP contribution in [-0.2, 0) is 16.0 Å². The lowest BCUT2D eigenvalue weighted by Crippen LogP contribution is -2.43. The minimum absolute atomic E-state index is 0.111. The monoisotopic (exact) mass is 437 g/mol. The van der Waals surface area contributed by atoms with E-state index >= 15 is 0 Å². The van der Waals surface area contributed by atoms with Gasteiger partial charge in [0, 0.05) is 32.3 Å². The lowest BCUT2D eigenvalue weighted by molar-refractivity contribution is -0.0631. The van der Waals surface area contributed by atoms with Gasteiger partial charge in [-0.25, -0.2) is 4.98 Å². The first-order valence-electron chi connectivity index (χ1n) is 10.4. The molecule has 0 N–H and O–H groups in total. The average Bonchev–Trinajstić information content (AvgIpc) is 3.21. The van der Waals surface area contributed by atoms with Crippen LogP contribution < -0.4 is 0 Å². The van der Waals surface area contributed by atoms with Crippen molar-refractivity contribution in [3.05, 3.63) is 58.7 Å². The van der Waals surface area contributed by atoms with Crippen molar-refractivity contribution in [3.8, 4) is 11.4 Å². The van der Waals surface area contributed by atoms with Gasteiger partial charge in [-0.2, -0.15) is 0 Å². The largest absolute Gasteiger partial charge is 0.382 e. The number of methoxy groups -OCH3 is 1. The molecule has 1 fully saturated rings. The maximum absolute atomic E-state index is 6.48. The molecule has 5 rings (SSSR count). The van der Waals surface area contributed by atoms with E-state index in [-0.39, 0.29) is 6.10 Å². The second-order valence-corrected chi connectivity index (χ2v) is 8.27. The Morgan fingerprint density at radius 2 is 2.06 bits per heavy atom. The third-order valence-corrected chi connectivity index (χ3v) is 5.98. The molecular formula is C23H24ClN5O2. The first-order chi connectivity index (χ1) is 15.1. The number of halogens is 1. The summed E-state index contributed by atoms with van der Waals surface area (Å²) in [4.78, 5) is 7.15. The van der Waals surface area contributed by atoms with Gasteiger partial charge in [0.15, 0.2) is 11.5 Å². The SMILES string of the molecule is COCC1CN(Cc2ccc3nc(C)c4nnc(-c5ccccc5Cl)n4c3c2)CCO1. The zero-order chi connectivity index (χ0) is 21.4. The number of hydrogen-bond donors (Lipinski definition) is 0. The molecule has 4 aromatic rings. The van der Waals surface area contributed by atoms with E-state index in [1.165, 1.54) is 5.56 Å². The maximum Gasteiger partial charge on any atom is 0.183 e. The van der Waals surface area contributed by atoms with E-state index in [9.17, 15) is 0 Å². The first kappa shape index (κ1) is 20.3. The predicted octanol–water partition coefficient (Wildman–Crippen LogP) is 3.75. The molecule has 2 aromatic heterocycles. The molecule has 0 saturated carbocycles. The molecule has 0 amide bonds. The van der Waals surface area contributed by atoms with Crippen molar-refractivity contribution >= 4 is 28.3 Å². The number of benzene rings is 2. The lowest BCUT2D eigenvalue weighted by atomic mass is 10.1. The number of rotatable bonds is 5. The smallest absolute Gasteiger partial charge is 0.183 e. The average molecular weight is 438 g/mol. The number of fused-ring (bicyclic) bond motifs is 3. The molecule has 31 heavy (non-hydrogen) atoms. The summed E-state index contributed by atoms with van der Waals surface area (Å²) in [5, 5.41) is 9.52. The molecule has 0 radical (unpaired) electrons. The van der Waals surface area contributed by atoms with Crippen molar-refractivity contribution in [2.45, 2.75) is 19.6 Å². The van der Waals surface area contributed by atoms with E-state index in [1.807, 2.05) is 31.2 Å². The lowest BCUT2D eigenvalue weighted by Gasteiger charge is -2.32. The van der Waals surface area contributed by atoms with Gasteiger partial charge in [-0.3, -0.25) is 9.30 Å². The van der Waals surface area contributed by atoms with Crippen LogP contribution in [0.3, 0.4) is 0 Å². The van der Waals surface area contributed by atoms with Crippen LogP contribution >= 0.6 is 11.6 Å². The molecular weight excluding hydrogens is 414 g/mol. The summed E-state index contributed by atoms with van der Waals surface area (Å²) < 4.78 is 13.1. The molecule has 8 heteroatoms. The highest BCUT2D eigenvalue weighted by Crippen LogP contribution is 2.29. The predicted molar refractivity (Wildman–Crippen MR) is 120 cm³/mol. The highest BCUT2D eigenvalue weighted by molar-refractivity contribution is 6.33. The summed E-state index contributed by atoms with van der Waals surface area (Å²) in [7, 11) is 1.71. The van der Waals surface area contributed by atoms with Crippen LogP contribution in [0.2, 0.25) is 5.02 Å². The number of hydrogen-bond acceptors (Lipinski definition) is 6. The van der Waals surface area contributed by atoms with E-state index in [0.717, 1.165) is 53.4 Å². The number of morpholine rings is 1. The van der Waals surface area contributed by atoms with Gasteiger partial charge in [0.1, 0.15) is 0 Å². The molecule has 0 aliphatic carbocycles. The third-order valence-electron chi connectivity index (χ3n) is 5.65. The summed E-state index contributed by atoms with van der Waals surface area (Å²) in [5.41, 5.74) is 5.51. The number of ether oxygens (including phenoxy) is 2. The molecule has 160 valence electrons. The molecule has 0 spiro atoms. The van der Waals surface area contributed by atoms with Gasteiger partial charge in [0.2, 0.25) is 0 Å². The number of nitrogens with zero attached hydrogens (tertiary/aromatic N) is 5. The van der Waals surface area contributed by atoms with Gasteiger partial charge in [-0.05, 0) is 36.8 Å². The molecule has 1 saturated heterocycles. The highest BCUT2D eigenvalue weighted by Gasteiger charge is 2.21. The molecule has 1 aliphatic rings. The van der Waals surface area contributed by atoms with Gasteiger partial charge < -0.3 is 9.47 Å². The fraction of sp³-hybridized carbons (Fsp3) is 0.348. The van der Waals surface area contributed by atoms with Crippen LogP contribution in [0.25, 0.3) is 28.1 Å². The van der Waals surface area contributed by atoms with E-state index < -0.39 is 0 Å². The summed E-state index contributed by atoms with van der Waals surface area (Å²) in [5.74, 6) is 0.722. The van der Waals surface area contributed by atoms with Crippen molar-refractivity contribution in [2.75, 3.05) is 33.4 Å². The maximum atomic E-state index is 6.48. The Kier molecular flexibility index (Phi) is 5.58. The Labute approximate surface area is 185 Å². The minimum Gasteiger partial charge on any atom is -0.382 e. The Morgan fingerprint density at radius 1 is 1.19 bits per heavy atom. The topological polar surface area (TPSA) is 64.8 Å². The summed E-state index contributed by atoms with van der Waals surface area (Å²) in [6.45, 7) is 5.87. The second-order valence-electron chi connectivity index (χ2n) is 7.87. The first-order valence-corrected chi connectivity index (χ1v) is 10.7. The van der Waals surface area contributed by atoms with Crippen LogP contribution in [-0.4, -0.2) is 64.0 Å². The number of aromatic nitrogens is 4. The van der Waals surface area contributed by atoms with Crippen molar-refractivity contribution in [2.24, 2.45) is 0 Å². The Bertz CT molecular complexity index is 1240. The molecule has 1 aliphatic heterocycles. The Morgan fingerprint density at radius 3 is 2.90 bits per heavy atom. The standard InChI is InChI=1S/C23H24ClN5O2/c1-15-22-26-27-23(18-5-3-4-6-19(18)24)29(22)21-11-16(7-8-20(21)25-15)12-28-9-10-31-17(13-28)14-30-2/h3-8,11,17H,9-10,12-14H2,1-2H3. The molecule has 0 bridgehead atoms. The molecule has 1 atom stereocenters. The summed E-state index contributed by atoms with van der Waals surface area (Å²) >= 11 is 6.48. The fourth-order valence-electron chi connectivity index (χ4n) is 4.20. The van der Waals surface area contributed by atoms with E-state index in [4.69, 9.17) is 26.1 Å². The summed E-state index contributed by atoms with van der Waals surface area (Å²) in [6, 6.07) is 14.1. The van der Waals surface area contributed by atoms with E-state index in [0.29, 0.717) is 18.2 Å². The van der Waals surface area contributed by atoms with Gasteiger partial charge >= 0.3 is 0 Å². The molecule has 3 heterocycles. The molecule has 2 aromatic carbocycles. The van der Waals surface area contributed by atoms with Gasteiger partial charge in [0.25, 0.3) is 0 Å². The second kappa shape index (κ2) is 8.51. The van der Waals surface area contributed by atoms with Gasteiger partial charge in [0.05, 0.1) is 41.1 Å². The zero-order valence-electron chi connectivity index (χ0n) is 17.6. The van der Waals surface area contributed by atoms with Crippen molar-refractivity contribution < 1.29 is 9.47 Å². The van der Waals surface area contributed by atoms with E-state index in [1.54, 1.807) is 7.11 Å². The highest BCUT2D eigenvalue weighted by atomic mass is 35.5. The van der Waals surface area contributed by atoms with Gasteiger partial charge in [-0.15, -0.1) is 10.2 Å². The van der Waals surface area contributed by atoms with Crippen molar-refractivity contribution in [1.82, 2.24) is 24.5 Å². The van der Waals surface area contributed by atoms with E-state index in [2.05, 4.69) is 37.7 Å². The minimum atomic E-state index is 0.111. The molecule has 1 unspecified atom stereocenters. The van der Waals surface area contributed by atoms with Crippen LogP contribution in [0, 0.1) is 6.92 Å². The van der Waals surface area contributed by atoms with Crippen molar-refractivity contribution in [3.63, 3.8) is 0 Å². The van der Waals surface area contributed by atoms with Gasteiger partial charge in [-0.1, -0.05) is 29.8 Å². The Balaban J connectivity index is 1.58. The Hall–Kier alpha value is -2.58. The van der Waals surface area contributed by atoms with Crippen molar-refractivity contribution in [1.29, 1.82) is 0 Å². The normalized spacial score (nSPS) is 17.6. The van der Waals surface area contributed by atoms with Crippen LogP contribution in [0.1, 0.15) is 11.3 Å². The van der Waals surface area contributed by atoms with Crippen LogP contribution in [0.15, 0.2) is 42.5 Å². The number of aryl methyl sites for hydroxylation is 1. The molecule has 7 nitrogen and oxygen atoms in total. The van der Waals surface area contributed by atoms with Crippen LogP contribution in [0.4, 0.5) is 0 Å². The summed E-state index contributed by atoms with van der Waals surface area (Å²) in [6.07, 6.45) is 0.111. The third kappa shape index (κ3) is 3.90.